The standard InChI is InChI=1S/C19H16F3N3O2/c1-13(26)25(17-7-3-5-15(11-17)19(20,21)22)9-8-18(27)24-16-6-2-4-14(10-16)12-23/h2-7,10-11H,8-9H2,1H3,(H,24,27). The normalized spacial score (nSPS) is 10.8. The summed E-state index contributed by atoms with van der Waals surface area (Å²) in [6.45, 7) is 1.13. The fourth-order valence-corrected chi connectivity index (χ4v) is 2.42. The van der Waals surface area contributed by atoms with Gasteiger partial charge in [0.1, 0.15) is 0 Å². The quantitative estimate of drug-likeness (QED) is 0.860. The van der Waals surface area contributed by atoms with Crippen molar-refractivity contribution in [3.8, 4) is 6.07 Å². The van der Waals surface area contributed by atoms with Gasteiger partial charge in [0.2, 0.25) is 11.8 Å². The number of nitriles is 1. The van der Waals surface area contributed by atoms with E-state index in [-0.39, 0.29) is 18.7 Å². The van der Waals surface area contributed by atoms with Gasteiger partial charge in [0.25, 0.3) is 0 Å². The molecular weight excluding hydrogens is 359 g/mol. The van der Waals surface area contributed by atoms with Crippen molar-refractivity contribution in [1.82, 2.24) is 0 Å². The first-order valence-electron chi connectivity index (χ1n) is 7.96. The number of alkyl halides is 3. The first-order chi connectivity index (χ1) is 12.7. The Morgan fingerprint density at radius 1 is 1.15 bits per heavy atom. The Hall–Kier alpha value is -3.34. The molecule has 0 aromatic heterocycles. The average Bonchev–Trinajstić information content (AvgIpc) is 2.61. The molecule has 8 heteroatoms. The third-order valence-corrected chi connectivity index (χ3v) is 3.70. The number of hydrogen-bond donors (Lipinski definition) is 1. The number of benzene rings is 2. The number of rotatable bonds is 5. The molecule has 0 spiro atoms. The first kappa shape index (κ1) is 20.0. The van der Waals surface area contributed by atoms with Crippen LogP contribution in [0.5, 0.6) is 0 Å². The predicted molar refractivity (Wildman–Crippen MR) is 93.9 cm³/mol. The summed E-state index contributed by atoms with van der Waals surface area (Å²) in [5.41, 5.74) is -0.00440. The Labute approximate surface area is 154 Å². The molecule has 5 nitrogen and oxygen atoms in total. The zero-order valence-electron chi connectivity index (χ0n) is 14.4. The van der Waals surface area contributed by atoms with Crippen molar-refractivity contribution in [3.63, 3.8) is 0 Å². The fraction of sp³-hybridized carbons (Fsp3) is 0.211. The number of carbonyl (C=O) groups excluding carboxylic acids is 2. The van der Waals surface area contributed by atoms with Gasteiger partial charge in [-0.25, -0.2) is 0 Å². The van der Waals surface area contributed by atoms with E-state index in [0.717, 1.165) is 17.0 Å². The van der Waals surface area contributed by atoms with Gasteiger partial charge in [-0.1, -0.05) is 12.1 Å². The number of hydrogen-bond acceptors (Lipinski definition) is 3. The summed E-state index contributed by atoms with van der Waals surface area (Å²) in [6.07, 6.45) is -4.64. The lowest BCUT2D eigenvalue weighted by atomic mass is 10.1. The third-order valence-electron chi connectivity index (χ3n) is 3.70. The van der Waals surface area contributed by atoms with Gasteiger partial charge in [-0.15, -0.1) is 0 Å². The highest BCUT2D eigenvalue weighted by Crippen LogP contribution is 2.31. The van der Waals surface area contributed by atoms with Crippen LogP contribution in [0.15, 0.2) is 48.5 Å². The molecule has 0 heterocycles. The topological polar surface area (TPSA) is 73.2 Å². The molecule has 0 aliphatic rings. The summed E-state index contributed by atoms with van der Waals surface area (Å²) in [6, 6.07) is 12.6. The van der Waals surface area contributed by atoms with E-state index < -0.39 is 23.6 Å². The molecule has 0 saturated heterocycles. The fourth-order valence-electron chi connectivity index (χ4n) is 2.42. The smallest absolute Gasteiger partial charge is 0.326 e. The number of anilines is 2. The molecule has 0 unspecified atom stereocenters. The second kappa shape index (κ2) is 8.36. The number of nitrogens with one attached hydrogen (secondary N) is 1. The van der Waals surface area contributed by atoms with Crippen molar-refractivity contribution in [2.45, 2.75) is 19.5 Å². The molecule has 0 fully saturated rings. The molecule has 0 bridgehead atoms. The van der Waals surface area contributed by atoms with Crippen LogP contribution in [0, 0.1) is 11.3 Å². The van der Waals surface area contributed by atoms with Gasteiger partial charge in [0.15, 0.2) is 0 Å². The van der Waals surface area contributed by atoms with Gasteiger partial charge in [-0.2, -0.15) is 18.4 Å². The van der Waals surface area contributed by atoms with Crippen molar-refractivity contribution >= 4 is 23.2 Å². The van der Waals surface area contributed by atoms with E-state index in [0.29, 0.717) is 11.3 Å². The van der Waals surface area contributed by atoms with Crippen LogP contribution in [0.3, 0.4) is 0 Å². The monoisotopic (exact) mass is 375 g/mol. The molecule has 2 rings (SSSR count). The molecule has 0 radical (unpaired) electrons. The van der Waals surface area contributed by atoms with E-state index in [4.69, 9.17) is 5.26 Å². The Kier molecular flexibility index (Phi) is 6.19. The van der Waals surface area contributed by atoms with Gasteiger partial charge >= 0.3 is 6.18 Å². The van der Waals surface area contributed by atoms with Crippen LogP contribution >= 0.6 is 0 Å². The minimum absolute atomic E-state index is 0.0663. The highest BCUT2D eigenvalue weighted by atomic mass is 19.4. The Balaban J connectivity index is 2.07. The van der Waals surface area contributed by atoms with Crippen LogP contribution in [-0.4, -0.2) is 18.4 Å². The van der Waals surface area contributed by atoms with Crippen LogP contribution < -0.4 is 10.2 Å². The maximum atomic E-state index is 12.9. The molecule has 0 aliphatic heterocycles. The SMILES string of the molecule is CC(=O)N(CCC(=O)Nc1cccc(C#N)c1)c1cccc(C(F)(F)F)c1. The zero-order chi connectivity index (χ0) is 20.0. The van der Waals surface area contributed by atoms with Gasteiger partial charge in [-0.3, -0.25) is 9.59 Å². The summed E-state index contributed by atoms with van der Waals surface area (Å²) in [4.78, 5) is 25.0. The minimum atomic E-state index is -4.53. The predicted octanol–water partition coefficient (Wildman–Crippen LogP) is 3.96. The average molecular weight is 375 g/mol. The minimum Gasteiger partial charge on any atom is -0.326 e. The summed E-state index contributed by atoms with van der Waals surface area (Å²) in [5, 5.41) is 11.4. The van der Waals surface area contributed by atoms with Crippen LogP contribution in [0.1, 0.15) is 24.5 Å². The second-order valence-electron chi connectivity index (χ2n) is 5.71. The Morgan fingerprint density at radius 2 is 1.85 bits per heavy atom. The van der Waals surface area contributed by atoms with Gasteiger partial charge < -0.3 is 10.2 Å². The molecule has 2 aromatic carbocycles. The molecule has 140 valence electrons. The molecule has 0 saturated carbocycles. The lowest BCUT2D eigenvalue weighted by Gasteiger charge is -2.22. The molecule has 1 N–H and O–H groups in total. The van der Waals surface area contributed by atoms with E-state index in [9.17, 15) is 22.8 Å². The first-order valence-corrected chi connectivity index (χ1v) is 7.96. The summed E-state index contributed by atoms with van der Waals surface area (Å²) < 4.78 is 38.6. The lowest BCUT2D eigenvalue weighted by Crippen LogP contribution is -2.32. The largest absolute Gasteiger partial charge is 0.416 e. The van der Waals surface area contributed by atoms with Crippen molar-refractivity contribution in [3.05, 3.63) is 59.7 Å². The summed E-state index contributed by atoms with van der Waals surface area (Å²) in [5.74, 6) is -0.906. The molecule has 27 heavy (non-hydrogen) atoms. The summed E-state index contributed by atoms with van der Waals surface area (Å²) >= 11 is 0. The third kappa shape index (κ3) is 5.57. The van der Waals surface area contributed by atoms with Crippen molar-refractivity contribution in [2.75, 3.05) is 16.8 Å². The van der Waals surface area contributed by atoms with Crippen LogP contribution in [0.4, 0.5) is 24.5 Å². The number of halogens is 3. The molecule has 0 atom stereocenters. The Bertz CT molecular complexity index is 888. The van der Waals surface area contributed by atoms with E-state index in [1.807, 2.05) is 6.07 Å². The molecular formula is C19H16F3N3O2. The second-order valence-corrected chi connectivity index (χ2v) is 5.71. The highest BCUT2D eigenvalue weighted by molar-refractivity contribution is 5.94. The van der Waals surface area contributed by atoms with Gasteiger partial charge in [0.05, 0.1) is 17.2 Å². The van der Waals surface area contributed by atoms with Crippen molar-refractivity contribution < 1.29 is 22.8 Å². The van der Waals surface area contributed by atoms with Gasteiger partial charge in [0, 0.05) is 31.3 Å². The number of carbonyl (C=O) groups is 2. The maximum Gasteiger partial charge on any atom is 0.416 e. The molecule has 2 amide bonds. The van der Waals surface area contributed by atoms with Crippen LogP contribution in [-0.2, 0) is 15.8 Å². The highest BCUT2D eigenvalue weighted by Gasteiger charge is 2.31. The van der Waals surface area contributed by atoms with E-state index in [1.54, 1.807) is 18.2 Å². The number of amides is 2. The van der Waals surface area contributed by atoms with Crippen LogP contribution in [0.2, 0.25) is 0 Å². The molecule has 2 aromatic rings. The summed E-state index contributed by atoms with van der Waals surface area (Å²) in [7, 11) is 0. The Morgan fingerprint density at radius 3 is 2.48 bits per heavy atom. The van der Waals surface area contributed by atoms with Crippen molar-refractivity contribution in [1.29, 1.82) is 5.26 Å². The van der Waals surface area contributed by atoms with E-state index in [1.165, 1.54) is 25.1 Å². The van der Waals surface area contributed by atoms with Crippen LogP contribution in [0.25, 0.3) is 0 Å². The van der Waals surface area contributed by atoms with E-state index in [2.05, 4.69) is 5.32 Å². The lowest BCUT2D eigenvalue weighted by molar-refractivity contribution is -0.137. The zero-order valence-corrected chi connectivity index (χ0v) is 14.4. The maximum absolute atomic E-state index is 12.9. The molecule has 0 aliphatic carbocycles. The van der Waals surface area contributed by atoms with Crippen molar-refractivity contribution in [2.24, 2.45) is 0 Å². The van der Waals surface area contributed by atoms with Gasteiger partial charge in [-0.05, 0) is 36.4 Å². The number of nitrogens with zero attached hydrogens (tertiary/aromatic N) is 2. The van der Waals surface area contributed by atoms with E-state index >= 15 is 0 Å².